The second-order valence-electron chi connectivity index (χ2n) is 6.94. The fourth-order valence-electron chi connectivity index (χ4n) is 3.56. The minimum Gasteiger partial charge on any atom is -0.322 e. The Morgan fingerprint density at radius 3 is 2.84 bits per heavy atom. The Bertz CT molecular complexity index is 942. The molecule has 3 aromatic rings. The molecular weight excluding hydrogens is 312 g/mol. The zero-order valence-electron chi connectivity index (χ0n) is 14.6. The van der Waals surface area contributed by atoms with Gasteiger partial charge in [0.1, 0.15) is 5.52 Å². The van der Waals surface area contributed by atoms with Crippen LogP contribution in [-0.4, -0.2) is 20.9 Å². The molecule has 0 unspecified atom stereocenters. The first kappa shape index (κ1) is 15.8. The van der Waals surface area contributed by atoms with E-state index in [0.29, 0.717) is 5.56 Å². The summed E-state index contributed by atoms with van der Waals surface area (Å²) in [5, 5.41) is 11.5. The molecule has 5 nitrogen and oxygen atoms in total. The second kappa shape index (κ2) is 6.31. The van der Waals surface area contributed by atoms with E-state index >= 15 is 0 Å². The van der Waals surface area contributed by atoms with Crippen molar-refractivity contribution in [2.45, 2.75) is 45.6 Å². The van der Waals surface area contributed by atoms with Gasteiger partial charge in [-0.15, -0.1) is 5.10 Å². The number of aromatic nitrogens is 3. The van der Waals surface area contributed by atoms with Gasteiger partial charge in [-0.3, -0.25) is 4.79 Å². The number of nitrogens with zero attached hydrogens (tertiary/aromatic N) is 3. The highest BCUT2D eigenvalue weighted by molar-refractivity contribution is 6.06. The van der Waals surface area contributed by atoms with Crippen LogP contribution < -0.4 is 5.32 Å². The molecule has 0 saturated heterocycles. The van der Waals surface area contributed by atoms with Gasteiger partial charge in [-0.1, -0.05) is 17.3 Å². The summed E-state index contributed by atoms with van der Waals surface area (Å²) in [6.07, 6.45) is 4.55. The van der Waals surface area contributed by atoms with E-state index in [1.54, 1.807) is 0 Å². The Balaban J connectivity index is 1.62. The number of hydrogen-bond donors (Lipinski definition) is 1. The predicted octanol–water partition coefficient (Wildman–Crippen LogP) is 4.14. The van der Waals surface area contributed by atoms with Crippen LogP contribution in [0.3, 0.4) is 0 Å². The highest BCUT2D eigenvalue weighted by atomic mass is 16.1. The maximum absolute atomic E-state index is 12.7. The van der Waals surface area contributed by atoms with E-state index in [0.717, 1.165) is 29.6 Å². The van der Waals surface area contributed by atoms with Gasteiger partial charge in [-0.05, 0) is 74.9 Å². The summed E-state index contributed by atoms with van der Waals surface area (Å²) in [4.78, 5) is 12.7. The Labute approximate surface area is 147 Å². The number of fused-ring (bicyclic) bond motifs is 2. The van der Waals surface area contributed by atoms with Crippen molar-refractivity contribution in [1.29, 1.82) is 0 Å². The van der Waals surface area contributed by atoms with Gasteiger partial charge in [0.25, 0.3) is 5.91 Å². The van der Waals surface area contributed by atoms with E-state index in [4.69, 9.17) is 0 Å². The third-order valence-electron chi connectivity index (χ3n) is 4.87. The summed E-state index contributed by atoms with van der Waals surface area (Å²) in [6.45, 7) is 4.13. The summed E-state index contributed by atoms with van der Waals surface area (Å²) < 4.78 is 1.87. The summed E-state index contributed by atoms with van der Waals surface area (Å²) in [7, 11) is 0. The molecule has 1 aromatic heterocycles. The normalized spacial score (nSPS) is 13.9. The zero-order chi connectivity index (χ0) is 17.4. The molecule has 0 saturated carbocycles. The fraction of sp³-hybridized carbons (Fsp3) is 0.350. The van der Waals surface area contributed by atoms with Crippen molar-refractivity contribution in [2.24, 2.45) is 0 Å². The number of aryl methyl sites for hydroxylation is 1. The largest absolute Gasteiger partial charge is 0.322 e. The number of carbonyl (C=O) groups excluding carboxylic acids is 1. The molecule has 1 N–H and O–H groups in total. The smallest absolute Gasteiger partial charge is 0.255 e. The Hall–Kier alpha value is -2.69. The van der Waals surface area contributed by atoms with Crippen LogP contribution in [0.4, 0.5) is 5.69 Å². The molecule has 25 heavy (non-hydrogen) atoms. The standard InChI is InChI=1S/C20H22N4O/c1-13(2)24-19-11-10-15(12-18(19)22-23-24)20(25)21-17-9-5-7-14-6-3-4-8-16(14)17/h5,7,9-13H,3-4,6,8H2,1-2H3,(H,21,25). The molecule has 1 aliphatic carbocycles. The molecular formula is C20H22N4O. The molecule has 4 rings (SSSR count). The minimum atomic E-state index is -0.0972. The first-order valence-electron chi connectivity index (χ1n) is 8.90. The average Bonchev–Trinajstić information content (AvgIpc) is 3.05. The van der Waals surface area contributed by atoms with Crippen molar-refractivity contribution in [3.63, 3.8) is 0 Å². The third-order valence-corrected chi connectivity index (χ3v) is 4.87. The lowest BCUT2D eigenvalue weighted by Crippen LogP contribution is -2.15. The summed E-state index contributed by atoms with van der Waals surface area (Å²) in [5.74, 6) is -0.0972. The van der Waals surface area contributed by atoms with E-state index in [1.807, 2.05) is 35.0 Å². The van der Waals surface area contributed by atoms with Gasteiger partial charge in [0, 0.05) is 17.3 Å². The van der Waals surface area contributed by atoms with Crippen LogP contribution in [0.25, 0.3) is 11.0 Å². The van der Waals surface area contributed by atoms with Gasteiger partial charge >= 0.3 is 0 Å². The fourth-order valence-corrected chi connectivity index (χ4v) is 3.56. The highest BCUT2D eigenvalue weighted by Gasteiger charge is 2.16. The SMILES string of the molecule is CC(C)n1nnc2cc(C(=O)Nc3cccc4c3CCCC4)ccc21. The van der Waals surface area contributed by atoms with Crippen LogP contribution in [0, 0.1) is 0 Å². The van der Waals surface area contributed by atoms with Crippen LogP contribution in [0.2, 0.25) is 0 Å². The lowest BCUT2D eigenvalue weighted by atomic mass is 9.90. The lowest BCUT2D eigenvalue weighted by molar-refractivity contribution is 0.102. The van der Waals surface area contributed by atoms with Crippen molar-refractivity contribution < 1.29 is 4.79 Å². The van der Waals surface area contributed by atoms with Crippen LogP contribution in [-0.2, 0) is 12.8 Å². The molecule has 2 aromatic carbocycles. The zero-order valence-corrected chi connectivity index (χ0v) is 14.6. The van der Waals surface area contributed by atoms with E-state index in [2.05, 4.69) is 35.5 Å². The maximum atomic E-state index is 12.7. The monoisotopic (exact) mass is 334 g/mol. The van der Waals surface area contributed by atoms with Crippen molar-refractivity contribution in [1.82, 2.24) is 15.0 Å². The predicted molar refractivity (Wildman–Crippen MR) is 99.0 cm³/mol. The first-order chi connectivity index (χ1) is 12.1. The molecule has 1 heterocycles. The highest BCUT2D eigenvalue weighted by Crippen LogP contribution is 2.28. The minimum absolute atomic E-state index is 0.0972. The Kier molecular flexibility index (Phi) is 3.99. The van der Waals surface area contributed by atoms with E-state index in [-0.39, 0.29) is 11.9 Å². The van der Waals surface area contributed by atoms with Crippen LogP contribution in [0.5, 0.6) is 0 Å². The van der Waals surface area contributed by atoms with Crippen molar-refractivity contribution in [3.05, 3.63) is 53.1 Å². The van der Waals surface area contributed by atoms with Gasteiger partial charge in [-0.2, -0.15) is 0 Å². The first-order valence-corrected chi connectivity index (χ1v) is 8.90. The van der Waals surface area contributed by atoms with Crippen molar-refractivity contribution in [2.75, 3.05) is 5.32 Å². The third kappa shape index (κ3) is 2.90. The molecule has 0 aliphatic heterocycles. The molecule has 1 aliphatic rings. The number of carbonyl (C=O) groups is 1. The van der Waals surface area contributed by atoms with Gasteiger partial charge in [0.2, 0.25) is 0 Å². The number of rotatable bonds is 3. The van der Waals surface area contributed by atoms with Gasteiger partial charge in [-0.25, -0.2) is 4.68 Å². The lowest BCUT2D eigenvalue weighted by Gasteiger charge is -2.19. The quantitative estimate of drug-likeness (QED) is 0.783. The number of hydrogen-bond acceptors (Lipinski definition) is 3. The van der Waals surface area contributed by atoms with Crippen LogP contribution in [0.1, 0.15) is 54.2 Å². The molecule has 5 heteroatoms. The number of anilines is 1. The van der Waals surface area contributed by atoms with Crippen molar-refractivity contribution in [3.8, 4) is 0 Å². The van der Waals surface area contributed by atoms with Crippen LogP contribution >= 0.6 is 0 Å². The maximum Gasteiger partial charge on any atom is 0.255 e. The van der Waals surface area contributed by atoms with Gasteiger partial charge in [0.05, 0.1) is 5.52 Å². The van der Waals surface area contributed by atoms with E-state index in [9.17, 15) is 4.79 Å². The molecule has 128 valence electrons. The Morgan fingerprint density at radius 2 is 2.00 bits per heavy atom. The number of amides is 1. The molecule has 0 spiro atoms. The van der Waals surface area contributed by atoms with Crippen LogP contribution in [0.15, 0.2) is 36.4 Å². The second-order valence-corrected chi connectivity index (χ2v) is 6.94. The number of nitrogens with one attached hydrogen (secondary N) is 1. The molecule has 0 fully saturated rings. The van der Waals surface area contributed by atoms with Gasteiger partial charge in [0.15, 0.2) is 0 Å². The van der Waals surface area contributed by atoms with E-state index in [1.165, 1.54) is 24.0 Å². The molecule has 0 bridgehead atoms. The average molecular weight is 334 g/mol. The molecule has 0 atom stereocenters. The Morgan fingerprint density at radius 1 is 1.16 bits per heavy atom. The molecule has 0 radical (unpaired) electrons. The van der Waals surface area contributed by atoms with E-state index < -0.39 is 0 Å². The van der Waals surface area contributed by atoms with Gasteiger partial charge < -0.3 is 5.32 Å². The topological polar surface area (TPSA) is 59.8 Å². The summed E-state index contributed by atoms with van der Waals surface area (Å²) in [6, 6.07) is 12.0. The summed E-state index contributed by atoms with van der Waals surface area (Å²) in [5.41, 5.74) is 5.89. The van der Waals surface area contributed by atoms with Crippen molar-refractivity contribution >= 4 is 22.6 Å². The molecule has 1 amide bonds. The number of benzene rings is 2. The summed E-state index contributed by atoms with van der Waals surface area (Å²) >= 11 is 0.